The molecule has 0 radical (unpaired) electrons. The molecular formula is C17H25ClN3O+. The summed E-state index contributed by atoms with van der Waals surface area (Å²) in [6, 6.07) is 9.98. The van der Waals surface area contributed by atoms with Crippen LogP contribution in [0.2, 0.25) is 5.15 Å². The first kappa shape index (κ1) is 17.0. The van der Waals surface area contributed by atoms with Gasteiger partial charge >= 0.3 is 0 Å². The van der Waals surface area contributed by atoms with Crippen LogP contribution < -0.4 is 5.32 Å². The first-order chi connectivity index (χ1) is 10.6. The Morgan fingerprint density at radius 1 is 1.27 bits per heavy atom. The minimum atomic E-state index is 0.306. The number of nitrogens with zero attached hydrogens (tertiary/aromatic N) is 2. The zero-order valence-corrected chi connectivity index (χ0v) is 14.3. The average molecular weight is 323 g/mol. The highest BCUT2D eigenvalue weighted by atomic mass is 35.5. The van der Waals surface area contributed by atoms with Crippen molar-refractivity contribution in [3.63, 3.8) is 0 Å². The number of para-hydroxylation sites is 1. The van der Waals surface area contributed by atoms with Crippen LogP contribution in [0, 0.1) is 6.92 Å². The summed E-state index contributed by atoms with van der Waals surface area (Å²) in [6.07, 6.45) is 1.35. The van der Waals surface area contributed by atoms with Crippen molar-refractivity contribution in [3.8, 4) is 5.69 Å². The van der Waals surface area contributed by atoms with Crippen LogP contribution in [0.15, 0.2) is 30.3 Å². The molecule has 0 aliphatic carbocycles. The number of aromatic nitrogens is 2. The van der Waals surface area contributed by atoms with Gasteiger partial charge in [0.2, 0.25) is 0 Å². The number of benzene rings is 1. The summed E-state index contributed by atoms with van der Waals surface area (Å²) < 4.78 is 7.35. The van der Waals surface area contributed by atoms with Crippen LogP contribution in [0.5, 0.6) is 0 Å². The molecule has 0 saturated carbocycles. The summed E-state index contributed by atoms with van der Waals surface area (Å²) >= 11 is 6.50. The third-order valence-corrected chi connectivity index (χ3v) is 3.86. The molecule has 22 heavy (non-hydrogen) atoms. The number of nitrogens with two attached hydrogens (primary N) is 1. The molecule has 1 aromatic carbocycles. The third kappa shape index (κ3) is 4.57. The normalized spacial score (nSPS) is 11.3. The molecule has 0 unspecified atom stereocenters. The molecule has 5 heteroatoms. The van der Waals surface area contributed by atoms with Crippen LogP contribution in [0.25, 0.3) is 5.69 Å². The molecule has 2 aromatic rings. The van der Waals surface area contributed by atoms with Crippen molar-refractivity contribution in [3.05, 3.63) is 46.7 Å². The highest BCUT2D eigenvalue weighted by molar-refractivity contribution is 6.30. The summed E-state index contributed by atoms with van der Waals surface area (Å²) in [5, 5.41) is 7.52. The van der Waals surface area contributed by atoms with Gasteiger partial charge in [-0.05, 0) is 32.9 Å². The van der Waals surface area contributed by atoms with Gasteiger partial charge < -0.3 is 10.1 Å². The Balaban J connectivity index is 1.91. The lowest BCUT2D eigenvalue weighted by Gasteiger charge is -2.06. The second-order valence-corrected chi connectivity index (χ2v) is 6.01. The fourth-order valence-electron chi connectivity index (χ4n) is 2.30. The van der Waals surface area contributed by atoms with Crippen LogP contribution >= 0.6 is 11.6 Å². The largest absolute Gasteiger partial charge is 0.379 e. The lowest BCUT2D eigenvalue weighted by molar-refractivity contribution is -0.671. The molecule has 0 spiro atoms. The predicted octanol–water partition coefficient (Wildman–Crippen LogP) is 2.71. The molecule has 0 saturated heterocycles. The Kier molecular flexibility index (Phi) is 6.43. The molecule has 0 fully saturated rings. The van der Waals surface area contributed by atoms with Crippen molar-refractivity contribution < 1.29 is 10.1 Å². The molecule has 2 N–H and O–H groups in total. The van der Waals surface area contributed by atoms with E-state index < -0.39 is 0 Å². The number of quaternary nitrogens is 1. The number of hydrogen-bond donors (Lipinski definition) is 1. The first-order valence-electron chi connectivity index (χ1n) is 7.82. The summed E-state index contributed by atoms with van der Waals surface area (Å²) in [4.78, 5) is 0. The van der Waals surface area contributed by atoms with Gasteiger partial charge in [0.25, 0.3) is 0 Å². The Hall–Kier alpha value is -1.36. The molecule has 0 bridgehead atoms. The van der Waals surface area contributed by atoms with Crippen LogP contribution in [-0.4, -0.2) is 29.0 Å². The van der Waals surface area contributed by atoms with E-state index in [1.807, 2.05) is 41.9 Å². The summed E-state index contributed by atoms with van der Waals surface area (Å²) in [5.41, 5.74) is 3.09. The highest BCUT2D eigenvalue weighted by Crippen LogP contribution is 2.22. The lowest BCUT2D eigenvalue weighted by Crippen LogP contribution is -2.82. The molecule has 0 aliphatic rings. The van der Waals surface area contributed by atoms with Gasteiger partial charge in [0.05, 0.1) is 36.2 Å². The molecule has 0 amide bonds. The molecule has 1 heterocycles. The van der Waals surface area contributed by atoms with Gasteiger partial charge in [0, 0.05) is 6.42 Å². The van der Waals surface area contributed by atoms with E-state index >= 15 is 0 Å². The molecule has 1 aromatic heterocycles. The zero-order valence-electron chi connectivity index (χ0n) is 13.6. The summed E-state index contributed by atoms with van der Waals surface area (Å²) in [6.45, 7) is 8.81. The monoisotopic (exact) mass is 322 g/mol. The highest BCUT2D eigenvalue weighted by Gasteiger charge is 2.15. The van der Waals surface area contributed by atoms with E-state index in [0.29, 0.717) is 11.3 Å². The fraction of sp³-hybridized carbons (Fsp3) is 0.471. The van der Waals surface area contributed by atoms with E-state index in [0.717, 1.165) is 43.1 Å². The van der Waals surface area contributed by atoms with Gasteiger partial charge in [0.15, 0.2) is 0 Å². The smallest absolute Gasteiger partial charge is 0.142 e. The fourth-order valence-corrected chi connectivity index (χ4v) is 2.65. The van der Waals surface area contributed by atoms with E-state index in [9.17, 15) is 0 Å². The van der Waals surface area contributed by atoms with Crippen molar-refractivity contribution >= 4 is 11.6 Å². The SMILES string of the molecule is Cc1nn(-c2ccccc2)c(Cl)c1C[NH2+]CCCOC(C)C. The lowest BCUT2D eigenvalue weighted by atomic mass is 10.2. The standard InChI is InChI=1S/C17H24ClN3O/c1-13(2)22-11-7-10-19-12-16-14(3)20-21(17(16)18)15-8-5-4-6-9-15/h4-6,8-9,13,19H,7,10-12H2,1-3H3/p+1. The topological polar surface area (TPSA) is 43.7 Å². The maximum absolute atomic E-state index is 6.50. The van der Waals surface area contributed by atoms with Crippen molar-refractivity contribution in [2.24, 2.45) is 0 Å². The number of halogens is 1. The predicted molar refractivity (Wildman–Crippen MR) is 89.5 cm³/mol. The number of aryl methyl sites for hydroxylation is 1. The minimum Gasteiger partial charge on any atom is -0.379 e. The second kappa shape index (κ2) is 8.32. The van der Waals surface area contributed by atoms with E-state index in [1.54, 1.807) is 0 Å². The van der Waals surface area contributed by atoms with Crippen LogP contribution in [-0.2, 0) is 11.3 Å². The summed E-state index contributed by atoms with van der Waals surface area (Å²) in [7, 11) is 0. The second-order valence-electron chi connectivity index (χ2n) is 5.66. The van der Waals surface area contributed by atoms with Crippen molar-refractivity contribution in [1.29, 1.82) is 0 Å². The maximum Gasteiger partial charge on any atom is 0.142 e. The van der Waals surface area contributed by atoms with E-state index in [4.69, 9.17) is 16.3 Å². The van der Waals surface area contributed by atoms with E-state index in [1.165, 1.54) is 0 Å². The Morgan fingerprint density at radius 3 is 2.68 bits per heavy atom. The van der Waals surface area contributed by atoms with Crippen LogP contribution in [0.4, 0.5) is 0 Å². The van der Waals surface area contributed by atoms with Gasteiger partial charge in [-0.25, -0.2) is 4.68 Å². The maximum atomic E-state index is 6.50. The minimum absolute atomic E-state index is 0.306. The van der Waals surface area contributed by atoms with Gasteiger partial charge in [-0.1, -0.05) is 29.8 Å². The van der Waals surface area contributed by atoms with Crippen molar-refractivity contribution in [2.45, 2.75) is 39.8 Å². The quantitative estimate of drug-likeness (QED) is 0.759. The van der Waals surface area contributed by atoms with Gasteiger partial charge in [-0.15, -0.1) is 0 Å². The van der Waals surface area contributed by atoms with Gasteiger partial charge in [-0.3, -0.25) is 0 Å². The van der Waals surface area contributed by atoms with Gasteiger partial charge in [-0.2, -0.15) is 5.10 Å². The van der Waals surface area contributed by atoms with Crippen LogP contribution in [0.3, 0.4) is 0 Å². The Bertz CT molecular complexity index is 581. The first-order valence-corrected chi connectivity index (χ1v) is 8.20. The Morgan fingerprint density at radius 2 is 2.00 bits per heavy atom. The molecule has 120 valence electrons. The molecule has 2 rings (SSSR count). The van der Waals surface area contributed by atoms with Crippen LogP contribution in [0.1, 0.15) is 31.5 Å². The van der Waals surface area contributed by atoms with E-state index in [-0.39, 0.29) is 0 Å². The zero-order chi connectivity index (χ0) is 15.9. The number of hydrogen-bond acceptors (Lipinski definition) is 2. The number of ether oxygens (including phenoxy) is 1. The van der Waals surface area contributed by atoms with Crippen molar-refractivity contribution in [2.75, 3.05) is 13.2 Å². The van der Waals surface area contributed by atoms with Gasteiger partial charge in [0.1, 0.15) is 11.7 Å². The van der Waals surface area contributed by atoms with E-state index in [2.05, 4.69) is 24.3 Å². The number of rotatable bonds is 8. The third-order valence-electron chi connectivity index (χ3n) is 3.47. The Labute approximate surface area is 137 Å². The molecule has 0 atom stereocenters. The summed E-state index contributed by atoms with van der Waals surface area (Å²) in [5.74, 6) is 0. The molecule has 0 aliphatic heterocycles. The van der Waals surface area contributed by atoms with Crippen molar-refractivity contribution in [1.82, 2.24) is 9.78 Å². The molecule has 4 nitrogen and oxygen atoms in total. The average Bonchev–Trinajstić information content (AvgIpc) is 2.79. The molecular weight excluding hydrogens is 298 g/mol.